The molecule has 0 spiro atoms. The third-order valence-corrected chi connectivity index (χ3v) is 2.38. The molecule has 1 aromatic carbocycles. The minimum absolute atomic E-state index is 0.274. The van der Waals surface area contributed by atoms with Gasteiger partial charge >= 0.3 is 12.4 Å². The van der Waals surface area contributed by atoms with Gasteiger partial charge in [0.25, 0.3) is 0 Å². The second kappa shape index (κ2) is 6.66. The zero-order valence-electron chi connectivity index (χ0n) is 9.51. The Morgan fingerprint density at radius 3 is 2.00 bits per heavy atom. The number of rotatable bonds is 4. The van der Waals surface area contributed by atoms with Crippen LogP contribution in [0, 0.1) is 16.7 Å². The Hall–Kier alpha value is -2.86. The second-order valence-corrected chi connectivity index (χ2v) is 3.58. The second-order valence-electron chi connectivity index (χ2n) is 3.58. The Morgan fingerprint density at radius 1 is 1.06 bits per heavy atom. The van der Waals surface area contributed by atoms with Crippen LogP contribution in [0.2, 0.25) is 0 Å². The number of hydrogen-bond acceptors (Lipinski definition) is 4. The number of nitrogens with zero attached hydrogens (tertiary/aromatic N) is 4. The van der Waals surface area contributed by atoms with Gasteiger partial charge in [0.1, 0.15) is 0 Å². The highest BCUT2D eigenvalue weighted by molar-refractivity contribution is 5.22. The van der Waals surface area contributed by atoms with E-state index in [0.29, 0.717) is 0 Å². The average Bonchev–Trinajstić information content (AvgIpc) is 2.37. The van der Waals surface area contributed by atoms with E-state index in [0.717, 1.165) is 18.0 Å². The van der Waals surface area contributed by atoms with Gasteiger partial charge in [0, 0.05) is 0 Å². The summed E-state index contributed by atoms with van der Waals surface area (Å²) >= 11 is 0. The molecule has 0 atom stereocenters. The van der Waals surface area contributed by atoms with Gasteiger partial charge in [-0.05, 0) is 12.0 Å². The zero-order chi connectivity index (χ0) is 13.4. The number of aliphatic hydroxyl groups excluding tert-OH is 2. The summed E-state index contributed by atoms with van der Waals surface area (Å²) in [5.41, 5.74) is 0.860. The predicted molar refractivity (Wildman–Crippen MR) is 65.2 cm³/mol. The third kappa shape index (κ3) is 3.62. The Labute approximate surface area is 104 Å². The van der Waals surface area contributed by atoms with Crippen molar-refractivity contribution in [2.75, 3.05) is 0 Å². The molecule has 0 fully saturated rings. The number of hydrogen-bond donors (Lipinski definition) is 2. The monoisotopic (exact) mass is 244 g/mol. The molecule has 0 saturated carbocycles. The summed E-state index contributed by atoms with van der Waals surface area (Å²) in [6.45, 7) is 0. The first-order valence-electron chi connectivity index (χ1n) is 5.19. The van der Waals surface area contributed by atoms with Crippen LogP contribution in [0.4, 0.5) is 0 Å². The lowest BCUT2D eigenvalue weighted by atomic mass is 9.96. The van der Waals surface area contributed by atoms with Gasteiger partial charge in [-0.25, -0.2) is 0 Å². The Kier molecular flexibility index (Phi) is 4.89. The zero-order valence-corrected chi connectivity index (χ0v) is 9.51. The molecule has 0 unspecified atom stereocenters. The van der Waals surface area contributed by atoms with Gasteiger partial charge in [-0.3, -0.25) is 0 Å². The highest BCUT2D eigenvalue weighted by Crippen LogP contribution is 2.22. The van der Waals surface area contributed by atoms with Crippen LogP contribution in [-0.4, -0.2) is 10.2 Å². The topological polar surface area (TPSA) is 96.8 Å². The molecule has 6 heteroatoms. The summed E-state index contributed by atoms with van der Waals surface area (Å²) in [5, 5.41) is 36.1. The van der Waals surface area contributed by atoms with Crippen LogP contribution in [0.1, 0.15) is 5.56 Å². The van der Waals surface area contributed by atoms with Crippen molar-refractivity contribution >= 4 is 0 Å². The lowest BCUT2D eigenvalue weighted by Crippen LogP contribution is -2.11. The summed E-state index contributed by atoms with van der Waals surface area (Å²) in [6.07, 6.45) is 1.90. The van der Waals surface area contributed by atoms with E-state index in [1.807, 2.05) is 30.3 Å². The smallest absolute Gasteiger partial charge is 0.388 e. The molecule has 0 saturated heterocycles. The van der Waals surface area contributed by atoms with E-state index in [1.54, 1.807) is 0 Å². The molecular formula is C12H12N4O2+2. The van der Waals surface area contributed by atoms with Gasteiger partial charge in [-0.2, -0.15) is 0 Å². The maximum atomic E-state index is 9.65. The van der Waals surface area contributed by atoms with Crippen molar-refractivity contribution in [2.45, 2.75) is 6.42 Å². The molecule has 18 heavy (non-hydrogen) atoms. The molecule has 0 bridgehead atoms. The van der Waals surface area contributed by atoms with Crippen molar-refractivity contribution in [1.82, 2.24) is 0 Å². The van der Waals surface area contributed by atoms with E-state index in [1.165, 1.54) is 0 Å². The number of diazo groups is 2. The molecule has 0 aliphatic carbocycles. The largest absolute Gasteiger partial charge is 0.505 e. The summed E-state index contributed by atoms with van der Waals surface area (Å²) in [7, 11) is 0. The fourth-order valence-corrected chi connectivity index (χ4v) is 1.51. The summed E-state index contributed by atoms with van der Waals surface area (Å²) in [6, 6.07) is 9.12. The molecule has 0 aliphatic heterocycles. The van der Waals surface area contributed by atoms with Crippen LogP contribution in [0.25, 0.3) is 9.95 Å². The van der Waals surface area contributed by atoms with E-state index in [2.05, 4.69) is 9.95 Å². The van der Waals surface area contributed by atoms with Gasteiger partial charge in [0.15, 0.2) is 21.5 Å². The van der Waals surface area contributed by atoms with Crippen molar-refractivity contribution in [3.8, 4) is 0 Å². The van der Waals surface area contributed by atoms with Gasteiger partial charge in [0.2, 0.25) is 10.8 Å². The van der Waals surface area contributed by atoms with Crippen LogP contribution in [0.3, 0.4) is 0 Å². The SMILES string of the molecule is N#[N+]/C=C(/O)C(Cc1ccccc1)/C(O)=C\[N+]#N. The first-order chi connectivity index (χ1) is 8.69. The summed E-state index contributed by atoms with van der Waals surface area (Å²) in [5.74, 6) is -1.50. The molecule has 0 radical (unpaired) electrons. The molecule has 1 aromatic rings. The normalized spacial score (nSPS) is 13.4. The molecule has 0 aromatic heterocycles. The molecule has 0 aliphatic rings. The van der Waals surface area contributed by atoms with E-state index in [4.69, 9.17) is 10.8 Å². The third-order valence-electron chi connectivity index (χ3n) is 2.38. The maximum absolute atomic E-state index is 9.65. The van der Waals surface area contributed by atoms with Crippen molar-refractivity contribution in [1.29, 1.82) is 10.8 Å². The summed E-state index contributed by atoms with van der Waals surface area (Å²) < 4.78 is 0. The molecule has 0 amide bonds. The lowest BCUT2D eigenvalue weighted by molar-refractivity contribution is 0.277. The van der Waals surface area contributed by atoms with E-state index >= 15 is 0 Å². The average molecular weight is 244 g/mol. The fraction of sp³-hybridized carbons (Fsp3) is 0.167. The van der Waals surface area contributed by atoms with Crippen molar-refractivity contribution in [3.63, 3.8) is 0 Å². The highest BCUT2D eigenvalue weighted by atomic mass is 16.3. The van der Waals surface area contributed by atoms with Gasteiger partial charge in [-0.15, -0.1) is 0 Å². The molecule has 2 N–H and O–H groups in total. The first-order valence-corrected chi connectivity index (χ1v) is 5.19. The molecule has 0 heterocycles. The van der Waals surface area contributed by atoms with Crippen molar-refractivity contribution in [3.05, 3.63) is 69.8 Å². The highest BCUT2D eigenvalue weighted by Gasteiger charge is 2.25. The molecule has 1 rings (SSSR count). The van der Waals surface area contributed by atoms with Crippen LogP contribution in [0.15, 0.2) is 54.3 Å². The Morgan fingerprint density at radius 2 is 1.56 bits per heavy atom. The van der Waals surface area contributed by atoms with Crippen LogP contribution in [0.5, 0.6) is 0 Å². The maximum Gasteiger partial charge on any atom is 0.388 e. The molecule has 6 nitrogen and oxygen atoms in total. The molecule has 90 valence electrons. The quantitative estimate of drug-likeness (QED) is 0.626. The van der Waals surface area contributed by atoms with Gasteiger partial charge in [0.05, 0.1) is 5.92 Å². The van der Waals surface area contributed by atoms with E-state index in [9.17, 15) is 10.2 Å². The minimum Gasteiger partial charge on any atom is -0.505 e. The van der Waals surface area contributed by atoms with Crippen LogP contribution >= 0.6 is 0 Å². The predicted octanol–water partition coefficient (Wildman–Crippen LogP) is 3.35. The standard InChI is InChI=1S/C12H10N4O2/c13-15-7-11(17)10(12(18)8-16-14)6-9-4-2-1-3-5-9/h1-5,7-8,10H,6H2/p+2/b11-7+,12-8+. The van der Waals surface area contributed by atoms with Crippen molar-refractivity contribution < 1.29 is 10.2 Å². The van der Waals surface area contributed by atoms with Crippen molar-refractivity contribution in [2.24, 2.45) is 5.92 Å². The van der Waals surface area contributed by atoms with Gasteiger partial charge in [-0.1, -0.05) is 30.3 Å². The fourth-order valence-electron chi connectivity index (χ4n) is 1.51. The Balaban J connectivity index is 3.01. The Bertz CT molecular complexity index is 507. The van der Waals surface area contributed by atoms with Crippen LogP contribution < -0.4 is 0 Å². The van der Waals surface area contributed by atoms with Crippen LogP contribution in [-0.2, 0) is 6.42 Å². The minimum atomic E-state index is -0.834. The number of aliphatic hydroxyl groups is 2. The lowest BCUT2D eigenvalue weighted by Gasteiger charge is -2.10. The first kappa shape index (κ1) is 13.2. The molecular weight excluding hydrogens is 232 g/mol. The van der Waals surface area contributed by atoms with Gasteiger partial charge < -0.3 is 10.2 Å². The summed E-state index contributed by atoms with van der Waals surface area (Å²) in [4.78, 5) is 5.39. The van der Waals surface area contributed by atoms with E-state index in [-0.39, 0.29) is 17.9 Å². The number of benzene rings is 1. The van der Waals surface area contributed by atoms with E-state index < -0.39 is 5.92 Å².